The number of benzene rings is 1. The first-order chi connectivity index (χ1) is 9.65. The van der Waals surface area contributed by atoms with Gasteiger partial charge in [-0.05, 0) is 24.1 Å². The van der Waals surface area contributed by atoms with E-state index >= 15 is 0 Å². The summed E-state index contributed by atoms with van der Waals surface area (Å²) >= 11 is 0. The number of amides is 1. The van der Waals surface area contributed by atoms with E-state index in [9.17, 15) is 22.8 Å². The van der Waals surface area contributed by atoms with Crippen LogP contribution in [0.1, 0.15) is 42.6 Å². The zero-order valence-corrected chi connectivity index (χ0v) is 11.6. The third-order valence-electron chi connectivity index (χ3n) is 3.08. The van der Waals surface area contributed by atoms with E-state index in [1.165, 1.54) is 0 Å². The highest BCUT2D eigenvalue weighted by molar-refractivity contribution is 6.00. The number of carbonyl (C=O) groups excluding carboxylic acids is 1. The number of alkyl halides is 3. The average molecular weight is 303 g/mol. The standard InChI is InChI=1S/C14H16F3NO3/c1-3-8(2)6-12(19)18-11-5-4-9(14(15,16)17)7-10(11)13(20)21/h4-5,7-8H,3,6H2,1-2H3,(H,18,19)(H,20,21). The molecule has 0 aliphatic heterocycles. The van der Waals surface area contributed by atoms with Crippen molar-refractivity contribution in [3.05, 3.63) is 29.3 Å². The summed E-state index contributed by atoms with van der Waals surface area (Å²) in [5, 5.41) is 11.3. The monoisotopic (exact) mass is 303 g/mol. The van der Waals surface area contributed by atoms with E-state index in [4.69, 9.17) is 5.11 Å². The van der Waals surface area contributed by atoms with E-state index in [-0.39, 0.29) is 18.0 Å². The fraction of sp³-hybridized carbons (Fsp3) is 0.429. The number of carboxylic acids is 1. The van der Waals surface area contributed by atoms with E-state index in [1.807, 2.05) is 13.8 Å². The first-order valence-corrected chi connectivity index (χ1v) is 6.39. The van der Waals surface area contributed by atoms with Crippen LogP contribution >= 0.6 is 0 Å². The van der Waals surface area contributed by atoms with Crippen LogP contribution in [0.3, 0.4) is 0 Å². The Hall–Kier alpha value is -2.05. The minimum absolute atomic E-state index is 0.104. The van der Waals surface area contributed by atoms with Gasteiger partial charge in [0.25, 0.3) is 0 Å². The van der Waals surface area contributed by atoms with Crippen molar-refractivity contribution in [1.29, 1.82) is 0 Å². The lowest BCUT2D eigenvalue weighted by molar-refractivity contribution is -0.137. The molecule has 0 aliphatic carbocycles. The van der Waals surface area contributed by atoms with Gasteiger partial charge in [0.2, 0.25) is 5.91 Å². The highest BCUT2D eigenvalue weighted by Gasteiger charge is 2.32. The largest absolute Gasteiger partial charge is 0.478 e. The molecule has 0 radical (unpaired) electrons. The maximum absolute atomic E-state index is 12.6. The molecular formula is C14H16F3NO3. The molecule has 0 spiro atoms. The summed E-state index contributed by atoms with van der Waals surface area (Å²) in [7, 11) is 0. The second-order valence-electron chi connectivity index (χ2n) is 4.83. The molecule has 1 unspecified atom stereocenters. The van der Waals surface area contributed by atoms with Crippen molar-refractivity contribution >= 4 is 17.6 Å². The predicted octanol–water partition coefficient (Wildman–Crippen LogP) is 3.78. The van der Waals surface area contributed by atoms with Crippen LogP contribution in [0.5, 0.6) is 0 Å². The summed E-state index contributed by atoms with van der Waals surface area (Å²) in [6.45, 7) is 3.75. The molecule has 0 heterocycles. The Morgan fingerprint density at radius 1 is 1.33 bits per heavy atom. The summed E-state index contributed by atoms with van der Waals surface area (Å²) < 4.78 is 37.7. The zero-order valence-electron chi connectivity index (χ0n) is 11.6. The van der Waals surface area contributed by atoms with Crippen LogP contribution in [0.15, 0.2) is 18.2 Å². The maximum Gasteiger partial charge on any atom is 0.416 e. The molecule has 0 saturated carbocycles. The number of carboxylic acid groups (broad SMARTS) is 1. The Kier molecular flexibility index (Phi) is 5.34. The van der Waals surface area contributed by atoms with E-state index in [2.05, 4.69) is 5.32 Å². The Balaban J connectivity index is 3.02. The smallest absolute Gasteiger partial charge is 0.416 e. The van der Waals surface area contributed by atoms with Crippen LogP contribution in [0.25, 0.3) is 0 Å². The molecule has 21 heavy (non-hydrogen) atoms. The van der Waals surface area contributed by atoms with Gasteiger partial charge < -0.3 is 10.4 Å². The van der Waals surface area contributed by atoms with Gasteiger partial charge in [-0.1, -0.05) is 20.3 Å². The van der Waals surface area contributed by atoms with Crippen molar-refractivity contribution in [3.8, 4) is 0 Å². The van der Waals surface area contributed by atoms with Gasteiger partial charge in [-0.15, -0.1) is 0 Å². The fourth-order valence-electron chi connectivity index (χ4n) is 1.67. The van der Waals surface area contributed by atoms with Crippen LogP contribution in [-0.2, 0) is 11.0 Å². The molecule has 0 saturated heterocycles. The SMILES string of the molecule is CCC(C)CC(=O)Nc1ccc(C(F)(F)F)cc1C(=O)O. The molecule has 0 aromatic heterocycles. The molecule has 1 aromatic rings. The average Bonchev–Trinajstić information content (AvgIpc) is 2.37. The first-order valence-electron chi connectivity index (χ1n) is 6.39. The van der Waals surface area contributed by atoms with E-state index in [0.717, 1.165) is 18.6 Å². The van der Waals surface area contributed by atoms with Crippen LogP contribution in [0.4, 0.5) is 18.9 Å². The van der Waals surface area contributed by atoms with Gasteiger partial charge in [-0.2, -0.15) is 13.2 Å². The van der Waals surface area contributed by atoms with Crippen LogP contribution in [0, 0.1) is 5.92 Å². The molecule has 4 nitrogen and oxygen atoms in total. The Labute approximate surface area is 120 Å². The van der Waals surface area contributed by atoms with Crippen molar-refractivity contribution in [2.24, 2.45) is 5.92 Å². The normalized spacial score (nSPS) is 12.8. The molecule has 1 aromatic carbocycles. The predicted molar refractivity (Wildman–Crippen MR) is 71.1 cm³/mol. The summed E-state index contributed by atoms with van der Waals surface area (Å²) in [5.41, 5.74) is -1.79. The van der Waals surface area contributed by atoms with Crippen molar-refractivity contribution in [2.45, 2.75) is 32.9 Å². The van der Waals surface area contributed by atoms with E-state index < -0.39 is 29.2 Å². The third kappa shape index (κ3) is 4.77. The van der Waals surface area contributed by atoms with E-state index in [0.29, 0.717) is 6.07 Å². The van der Waals surface area contributed by atoms with Crippen LogP contribution < -0.4 is 5.32 Å². The molecule has 0 bridgehead atoms. The first kappa shape index (κ1) is 17.0. The molecule has 2 N–H and O–H groups in total. The van der Waals surface area contributed by atoms with E-state index in [1.54, 1.807) is 0 Å². The minimum Gasteiger partial charge on any atom is -0.478 e. The molecule has 0 aliphatic rings. The number of rotatable bonds is 5. The third-order valence-corrected chi connectivity index (χ3v) is 3.08. The van der Waals surface area contributed by atoms with Crippen molar-refractivity contribution in [1.82, 2.24) is 0 Å². The lowest BCUT2D eigenvalue weighted by Crippen LogP contribution is -2.18. The van der Waals surface area contributed by atoms with Crippen molar-refractivity contribution in [2.75, 3.05) is 5.32 Å². The Morgan fingerprint density at radius 2 is 1.95 bits per heavy atom. The summed E-state index contributed by atoms with van der Waals surface area (Å²) in [6.07, 6.45) is -3.69. The zero-order chi connectivity index (χ0) is 16.2. The lowest BCUT2D eigenvalue weighted by Gasteiger charge is -2.13. The van der Waals surface area contributed by atoms with Crippen molar-refractivity contribution < 1.29 is 27.9 Å². The van der Waals surface area contributed by atoms with Gasteiger partial charge in [0, 0.05) is 6.42 Å². The molecule has 7 heteroatoms. The lowest BCUT2D eigenvalue weighted by atomic mass is 10.0. The van der Waals surface area contributed by atoms with Crippen molar-refractivity contribution in [3.63, 3.8) is 0 Å². The van der Waals surface area contributed by atoms with Gasteiger partial charge in [0.05, 0.1) is 16.8 Å². The van der Waals surface area contributed by atoms with Gasteiger partial charge in [-0.25, -0.2) is 4.79 Å². The number of nitrogens with one attached hydrogen (secondary N) is 1. The Bertz CT molecular complexity index is 541. The molecule has 1 amide bonds. The molecule has 1 atom stereocenters. The summed E-state index contributed by atoms with van der Waals surface area (Å²) in [4.78, 5) is 22.8. The topological polar surface area (TPSA) is 66.4 Å². The van der Waals surface area contributed by atoms with Crippen LogP contribution in [-0.4, -0.2) is 17.0 Å². The number of hydrogen-bond acceptors (Lipinski definition) is 2. The molecule has 1 rings (SSSR count). The highest BCUT2D eigenvalue weighted by Crippen LogP contribution is 2.32. The number of aromatic carboxylic acids is 1. The summed E-state index contributed by atoms with van der Waals surface area (Å²) in [6, 6.07) is 2.22. The quantitative estimate of drug-likeness (QED) is 0.870. The molecule has 116 valence electrons. The second-order valence-corrected chi connectivity index (χ2v) is 4.83. The number of carbonyl (C=O) groups is 2. The maximum atomic E-state index is 12.6. The summed E-state index contributed by atoms with van der Waals surface area (Å²) in [5.74, 6) is -1.85. The number of halogens is 3. The molecule has 0 fully saturated rings. The van der Waals surface area contributed by atoms with Gasteiger partial charge in [0.1, 0.15) is 0 Å². The second kappa shape index (κ2) is 6.60. The minimum atomic E-state index is -4.64. The Morgan fingerprint density at radius 3 is 2.43 bits per heavy atom. The van der Waals surface area contributed by atoms with Gasteiger partial charge in [0.15, 0.2) is 0 Å². The fourth-order valence-corrected chi connectivity index (χ4v) is 1.67. The number of hydrogen-bond donors (Lipinski definition) is 2. The number of anilines is 1. The highest BCUT2D eigenvalue weighted by atomic mass is 19.4. The van der Waals surface area contributed by atoms with Gasteiger partial charge >= 0.3 is 12.1 Å². The van der Waals surface area contributed by atoms with Crippen LogP contribution in [0.2, 0.25) is 0 Å². The molecular weight excluding hydrogens is 287 g/mol. The van der Waals surface area contributed by atoms with Gasteiger partial charge in [-0.3, -0.25) is 4.79 Å².